The minimum atomic E-state index is -0.453. The van der Waals surface area contributed by atoms with Crippen molar-refractivity contribution in [1.29, 1.82) is 0 Å². The maximum absolute atomic E-state index is 12.0. The van der Waals surface area contributed by atoms with Crippen molar-refractivity contribution >= 4 is 45.4 Å². The van der Waals surface area contributed by atoms with Crippen LogP contribution >= 0.6 is 23.6 Å². The van der Waals surface area contributed by atoms with E-state index in [0.29, 0.717) is 16.4 Å². The molecule has 0 spiro atoms. The third kappa shape index (κ3) is 4.26. The number of hydrogen-bond donors (Lipinski definition) is 2. The lowest BCUT2D eigenvalue weighted by atomic mass is 10.1. The predicted molar refractivity (Wildman–Crippen MR) is 104 cm³/mol. The first-order valence-corrected chi connectivity index (χ1v) is 8.69. The molecule has 0 saturated carbocycles. The summed E-state index contributed by atoms with van der Waals surface area (Å²) in [4.78, 5) is 26.7. The molecule has 0 aliphatic carbocycles. The number of amides is 1. The first-order valence-electron chi connectivity index (χ1n) is 7.40. The number of hydrogen-bond acceptors (Lipinski definition) is 6. The number of nitrogens with zero attached hydrogens (tertiary/aromatic N) is 2. The summed E-state index contributed by atoms with van der Waals surface area (Å²) in [5.41, 5.74) is 1.93. The molecule has 7 nitrogen and oxygen atoms in total. The van der Waals surface area contributed by atoms with Crippen molar-refractivity contribution in [1.82, 2.24) is 10.3 Å². The van der Waals surface area contributed by atoms with Gasteiger partial charge >= 0.3 is 0 Å². The number of nitro benzene ring substituents is 1. The molecule has 2 aromatic carbocycles. The molecule has 3 rings (SSSR count). The van der Waals surface area contributed by atoms with Gasteiger partial charge in [-0.2, -0.15) is 0 Å². The molecule has 9 heteroatoms. The van der Waals surface area contributed by atoms with Gasteiger partial charge in [0.15, 0.2) is 10.2 Å². The summed E-state index contributed by atoms with van der Waals surface area (Å²) in [5, 5.41) is 18.6. The number of non-ortho nitro benzene ring substituents is 1. The molecule has 0 bridgehead atoms. The van der Waals surface area contributed by atoms with Gasteiger partial charge in [-0.25, -0.2) is 4.98 Å². The molecule has 3 aromatic rings. The SMILES string of the molecule is O=C(NC(=S)Nc1nc(-c2ccc([N+](=O)[O-])cc2)cs1)c1ccccc1. The summed E-state index contributed by atoms with van der Waals surface area (Å²) in [6.07, 6.45) is 0. The Morgan fingerprint density at radius 1 is 1.12 bits per heavy atom. The Morgan fingerprint density at radius 3 is 2.46 bits per heavy atom. The van der Waals surface area contributed by atoms with Crippen molar-refractivity contribution in [2.24, 2.45) is 0 Å². The number of thiazole rings is 1. The van der Waals surface area contributed by atoms with Crippen LogP contribution in [0.25, 0.3) is 11.3 Å². The van der Waals surface area contributed by atoms with Crippen molar-refractivity contribution in [3.63, 3.8) is 0 Å². The Hall–Kier alpha value is -3.17. The summed E-state index contributed by atoms with van der Waals surface area (Å²) < 4.78 is 0. The van der Waals surface area contributed by atoms with Gasteiger partial charge in [-0.1, -0.05) is 18.2 Å². The molecule has 26 heavy (non-hydrogen) atoms. The zero-order valence-corrected chi connectivity index (χ0v) is 14.8. The smallest absolute Gasteiger partial charge is 0.269 e. The highest BCUT2D eigenvalue weighted by atomic mass is 32.1. The van der Waals surface area contributed by atoms with Gasteiger partial charge in [-0.3, -0.25) is 20.2 Å². The fourth-order valence-corrected chi connectivity index (χ4v) is 3.09. The molecular formula is C17H12N4O3S2. The van der Waals surface area contributed by atoms with E-state index in [9.17, 15) is 14.9 Å². The van der Waals surface area contributed by atoms with Crippen LogP contribution in [0.3, 0.4) is 0 Å². The number of nitro groups is 1. The van der Waals surface area contributed by atoms with Crippen LogP contribution in [-0.2, 0) is 0 Å². The molecule has 2 N–H and O–H groups in total. The van der Waals surface area contributed by atoms with E-state index in [1.807, 2.05) is 6.07 Å². The van der Waals surface area contributed by atoms with Crippen molar-refractivity contribution < 1.29 is 9.72 Å². The topological polar surface area (TPSA) is 97.2 Å². The van der Waals surface area contributed by atoms with Crippen LogP contribution in [0.15, 0.2) is 60.0 Å². The Morgan fingerprint density at radius 2 is 1.81 bits per heavy atom. The lowest BCUT2D eigenvalue weighted by Gasteiger charge is -2.07. The lowest BCUT2D eigenvalue weighted by molar-refractivity contribution is -0.384. The molecule has 0 fully saturated rings. The zero-order chi connectivity index (χ0) is 18.5. The number of rotatable bonds is 4. The average molecular weight is 384 g/mol. The average Bonchev–Trinajstić information content (AvgIpc) is 3.10. The summed E-state index contributed by atoms with van der Waals surface area (Å²) in [6.45, 7) is 0. The highest BCUT2D eigenvalue weighted by Crippen LogP contribution is 2.26. The number of benzene rings is 2. The summed E-state index contributed by atoms with van der Waals surface area (Å²) in [7, 11) is 0. The Labute approximate surface area is 157 Å². The maximum Gasteiger partial charge on any atom is 0.269 e. The second-order valence-corrected chi connectivity index (χ2v) is 6.38. The summed E-state index contributed by atoms with van der Waals surface area (Å²) in [6, 6.07) is 14.8. The molecule has 0 unspecified atom stereocenters. The van der Waals surface area contributed by atoms with Crippen LogP contribution in [-0.4, -0.2) is 20.9 Å². The van der Waals surface area contributed by atoms with E-state index in [-0.39, 0.29) is 16.7 Å². The monoisotopic (exact) mass is 384 g/mol. The van der Waals surface area contributed by atoms with E-state index in [2.05, 4.69) is 15.6 Å². The van der Waals surface area contributed by atoms with Crippen molar-refractivity contribution in [3.05, 3.63) is 75.7 Å². The van der Waals surface area contributed by atoms with Gasteiger partial charge < -0.3 is 5.32 Å². The van der Waals surface area contributed by atoms with E-state index in [1.54, 1.807) is 41.8 Å². The minimum absolute atomic E-state index is 0.0205. The summed E-state index contributed by atoms with van der Waals surface area (Å²) >= 11 is 6.44. The van der Waals surface area contributed by atoms with Crippen LogP contribution in [0.1, 0.15) is 10.4 Å². The van der Waals surface area contributed by atoms with Gasteiger partial charge in [0.25, 0.3) is 11.6 Å². The van der Waals surface area contributed by atoms with Gasteiger partial charge in [0.2, 0.25) is 0 Å². The third-order valence-corrected chi connectivity index (χ3v) is 4.32. The fourth-order valence-electron chi connectivity index (χ4n) is 2.11. The Balaban J connectivity index is 1.63. The first-order chi connectivity index (χ1) is 12.5. The molecule has 1 aromatic heterocycles. The Kier molecular flexibility index (Phi) is 5.30. The maximum atomic E-state index is 12.0. The highest BCUT2D eigenvalue weighted by Gasteiger charge is 2.11. The largest absolute Gasteiger partial charge is 0.308 e. The van der Waals surface area contributed by atoms with Crippen molar-refractivity contribution in [3.8, 4) is 11.3 Å². The molecule has 0 aliphatic heterocycles. The molecule has 0 radical (unpaired) electrons. The number of carbonyl (C=O) groups excluding carboxylic acids is 1. The number of thiocarbonyl (C=S) groups is 1. The highest BCUT2D eigenvalue weighted by molar-refractivity contribution is 7.80. The Bertz CT molecular complexity index is 956. The molecule has 130 valence electrons. The predicted octanol–water partition coefficient (Wildman–Crippen LogP) is 3.85. The number of anilines is 1. The van der Waals surface area contributed by atoms with Crippen molar-refractivity contribution in [2.45, 2.75) is 0 Å². The van der Waals surface area contributed by atoms with Crippen LogP contribution in [0.4, 0.5) is 10.8 Å². The second-order valence-electron chi connectivity index (χ2n) is 5.12. The van der Waals surface area contributed by atoms with Gasteiger partial charge in [-0.05, 0) is 36.5 Å². The van der Waals surface area contributed by atoms with E-state index in [1.165, 1.54) is 23.5 Å². The van der Waals surface area contributed by atoms with Crippen LogP contribution < -0.4 is 10.6 Å². The molecule has 0 saturated heterocycles. The van der Waals surface area contributed by atoms with E-state index >= 15 is 0 Å². The molecule has 0 aliphatic rings. The quantitative estimate of drug-likeness (QED) is 0.403. The molecule has 1 amide bonds. The molecule has 0 atom stereocenters. The van der Waals surface area contributed by atoms with Crippen LogP contribution in [0.5, 0.6) is 0 Å². The number of aromatic nitrogens is 1. The number of nitrogens with one attached hydrogen (secondary N) is 2. The molecule has 1 heterocycles. The van der Waals surface area contributed by atoms with Gasteiger partial charge in [0.1, 0.15) is 0 Å². The van der Waals surface area contributed by atoms with E-state index < -0.39 is 4.92 Å². The van der Waals surface area contributed by atoms with Gasteiger partial charge in [0.05, 0.1) is 10.6 Å². The minimum Gasteiger partial charge on any atom is -0.308 e. The van der Waals surface area contributed by atoms with E-state index in [0.717, 1.165) is 5.56 Å². The molecular weight excluding hydrogens is 372 g/mol. The standard InChI is InChI=1S/C17H12N4O3S2/c22-15(12-4-2-1-3-5-12)19-16(25)20-17-18-14(10-26-17)11-6-8-13(9-7-11)21(23)24/h1-10H,(H2,18,19,20,22,25). The third-order valence-electron chi connectivity index (χ3n) is 3.36. The fraction of sp³-hybridized carbons (Fsp3) is 0. The first kappa shape index (κ1) is 17.6. The van der Waals surface area contributed by atoms with Crippen molar-refractivity contribution in [2.75, 3.05) is 5.32 Å². The lowest BCUT2D eigenvalue weighted by Crippen LogP contribution is -2.34. The zero-order valence-electron chi connectivity index (χ0n) is 13.2. The second kappa shape index (κ2) is 7.81. The van der Waals surface area contributed by atoms with Crippen LogP contribution in [0.2, 0.25) is 0 Å². The van der Waals surface area contributed by atoms with E-state index in [4.69, 9.17) is 12.2 Å². The van der Waals surface area contributed by atoms with Crippen LogP contribution in [0, 0.1) is 10.1 Å². The summed E-state index contributed by atoms with van der Waals surface area (Å²) in [5.74, 6) is -0.310. The van der Waals surface area contributed by atoms with Gasteiger partial charge in [-0.15, -0.1) is 11.3 Å². The van der Waals surface area contributed by atoms with Gasteiger partial charge in [0, 0.05) is 28.6 Å². The number of carbonyl (C=O) groups is 1. The normalized spacial score (nSPS) is 10.2.